The largest absolute Gasteiger partial charge is 0.397 e. The first kappa shape index (κ1) is 9.84. The predicted molar refractivity (Wildman–Crippen MR) is 55.6 cm³/mol. The van der Waals surface area contributed by atoms with Crippen molar-refractivity contribution >= 4 is 6.21 Å². The third-order valence-corrected chi connectivity index (χ3v) is 2.40. The topological polar surface area (TPSA) is 61.9 Å². The molecule has 13 heavy (non-hydrogen) atoms. The summed E-state index contributed by atoms with van der Waals surface area (Å²) in [6, 6.07) is 0. The number of likely N-dealkylation sites (N-methyl/N-ethyl adjacent to an activating group) is 1. The zero-order valence-corrected chi connectivity index (χ0v) is 8.06. The van der Waals surface area contributed by atoms with Crippen LogP contribution in [0.4, 0.5) is 0 Å². The molecule has 3 heteroatoms. The quantitative estimate of drug-likeness (QED) is 0.575. The molecule has 0 amide bonds. The van der Waals surface area contributed by atoms with Crippen molar-refractivity contribution in [2.24, 2.45) is 5.73 Å². The monoisotopic (exact) mass is 179 g/mol. The van der Waals surface area contributed by atoms with E-state index in [4.69, 9.17) is 11.1 Å². The van der Waals surface area contributed by atoms with Crippen LogP contribution in [0.15, 0.2) is 23.0 Å². The van der Waals surface area contributed by atoms with Crippen LogP contribution in [0.1, 0.15) is 25.7 Å². The molecule has 0 spiro atoms. The normalized spacial score (nSPS) is 17.3. The summed E-state index contributed by atoms with van der Waals surface area (Å²) in [6.45, 7) is 0. The zero-order chi connectivity index (χ0) is 9.68. The van der Waals surface area contributed by atoms with E-state index in [1.807, 2.05) is 7.05 Å². The highest BCUT2D eigenvalue weighted by Crippen LogP contribution is 2.26. The molecular weight excluding hydrogens is 162 g/mol. The molecule has 0 saturated heterocycles. The first-order valence-corrected chi connectivity index (χ1v) is 4.66. The summed E-state index contributed by atoms with van der Waals surface area (Å²) in [4.78, 5) is 0. The second-order valence-electron chi connectivity index (χ2n) is 3.22. The van der Waals surface area contributed by atoms with E-state index < -0.39 is 0 Å². The lowest BCUT2D eigenvalue weighted by Crippen LogP contribution is -2.16. The molecule has 1 saturated carbocycles. The molecule has 0 aromatic rings. The van der Waals surface area contributed by atoms with Crippen LogP contribution in [0.2, 0.25) is 0 Å². The molecular formula is C10H17N3. The summed E-state index contributed by atoms with van der Waals surface area (Å²) < 4.78 is 0. The molecule has 4 N–H and O–H groups in total. The Kier molecular flexibility index (Phi) is 3.55. The molecule has 0 aromatic carbocycles. The summed E-state index contributed by atoms with van der Waals surface area (Å²) in [5.41, 5.74) is 9.01. The molecule has 1 fully saturated rings. The summed E-state index contributed by atoms with van der Waals surface area (Å²) in [5, 5.41) is 9.99. The van der Waals surface area contributed by atoms with Crippen molar-refractivity contribution in [3.63, 3.8) is 0 Å². The van der Waals surface area contributed by atoms with Gasteiger partial charge in [-0.3, -0.25) is 0 Å². The molecule has 0 heterocycles. The van der Waals surface area contributed by atoms with Crippen molar-refractivity contribution in [1.82, 2.24) is 5.32 Å². The van der Waals surface area contributed by atoms with Crippen molar-refractivity contribution < 1.29 is 0 Å². The van der Waals surface area contributed by atoms with Gasteiger partial charge in [-0.05, 0) is 37.3 Å². The third kappa shape index (κ3) is 2.34. The third-order valence-electron chi connectivity index (χ3n) is 2.40. The van der Waals surface area contributed by atoms with Crippen LogP contribution in [-0.4, -0.2) is 13.3 Å². The predicted octanol–water partition coefficient (Wildman–Crippen LogP) is 1.53. The van der Waals surface area contributed by atoms with Crippen molar-refractivity contribution in [1.29, 1.82) is 5.41 Å². The summed E-state index contributed by atoms with van der Waals surface area (Å²) in [5.74, 6) is 0. The Bertz CT molecular complexity index is 243. The molecule has 1 aliphatic carbocycles. The second-order valence-corrected chi connectivity index (χ2v) is 3.22. The first-order valence-electron chi connectivity index (χ1n) is 4.66. The molecule has 1 aliphatic rings. The van der Waals surface area contributed by atoms with Gasteiger partial charge in [0, 0.05) is 13.3 Å². The van der Waals surface area contributed by atoms with E-state index in [0.717, 1.165) is 24.2 Å². The first-order chi connectivity index (χ1) is 6.29. The van der Waals surface area contributed by atoms with E-state index in [-0.39, 0.29) is 0 Å². The van der Waals surface area contributed by atoms with Crippen LogP contribution < -0.4 is 11.1 Å². The van der Waals surface area contributed by atoms with Crippen LogP contribution in [-0.2, 0) is 0 Å². The lowest BCUT2D eigenvalue weighted by atomic mass is 10.1. The standard InChI is InChI=1S/C10H17N3/c1-13-9(6-7-11)10(12)8-4-2-3-5-8/h6-7,11,13H,2-5,12H2,1H3/b9-6-,11-7?. The van der Waals surface area contributed by atoms with Gasteiger partial charge in [0.05, 0.1) is 11.4 Å². The minimum absolute atomic E-state index is 0.837. The number of nitrogens with two attached hydrogens (primary N) is 1. The van der Waals surface area contributed by atoms with E-state index in [2.05, 4.69) is 5.32 Å². The molecule has 0 aliphatic heterocycles. The van der Waals surface area contributed by atoms with Gasteiger partial charge in [0.15, 0.2) is 0 Å². The van der Waals surface area contributed by atoms with E-state index in [1.165, 1.54) is 24.6 Å². The van der Waals surface area contributed by atoms with Gasteiger partial charge in [-0.25, -0.2) is 0 Å². The Morgan fingerprint density at radius 3 is 2.54 bits per heavy atom. The lowest BCUT2D eigenvalue weighted by Gasteiger charge is -2.09. The van der Waals surface area contributed by atoms with Crippen molar-refractivity contribution in [3.8, 4) is 0 Å². The number of rotatable bonds is 3. The minimum atomic E-state index is 0.837. The Labute approximate surface area is 79.2 Å². The Balaban J connectivity index is 2.84. The van der Waals surface area contributed by atoms with Gasteiger partial charge in [0.1, 0.15) is 0 Å². The van der Waals surface area contributed by atoms with Crippen LogP contribution in [0.5, 0.6) is 0 Å². The Morgan fingerprint density at radius 1 is 1.46 bits per heavy atom. The van der Waals surface area contributed by atoms with Gasteiger partial charge in [0.25, 0.3) is 0 Å². The van der Waals surface area contributed by atoms with E-state index in [0.29, 0.717) is 0 Å². The van der Waals surface area contributed by atoms with Crippen molar-refractivity contribution in [2.75, 3.05) is 7.05 Å². The number of hydrogen-bond acceptors (Lipinski definition) is 3. The molecule has 0 atom stereocenters. The van der Waals surface area contributed by atoms with Gasteiger partial charge in [-0.2, -0.15) is 0 Å². The highest BCUT2D eigenvalue weighted by Gasteiger charge is 2.12. The molecule has 1 rings (SSSR count). The highest BCUT2D eigenvalue weighted by atomic mass is 14.9. The van der Waals surface area contributed by atoms with Crippen LogP contribution in [0.25, 0.3) is 0 Å². The maximum atomic E-state index is 6.98. The fourth-order valence-electron chi connectivity index (χ4n) is 1.65. The summed E-state index contributed by atoms with van der Waals surface area (Å²) >= 11 is 0. The second kappa shape index (κ2) is 4.70. The highest BCUT2D eigenvalue weighted by molar-refractivity contribution is 5.70. The van der Waals surface area contributed by atoms with Crippen molar-refractivity contribution in [3.05, 3.63) is 23.0 Å². The van der Waals surface area contributed by atoms with Crippen molar-refractivity contribution in [2.45, 2.75) is 25.7 Å². The smallest absolute Gasteiger partial charge is 0.0586 e. The van der Waals surface area contributed by atoms with E-state index in [1.54, 1.807) is 6.08 Å². The van der Waals surface area contributed by atoms with Crippen LogP contribution in [0.3, 0.4) is 0 Å². The average Bonchev–Trinajstić information content (AvgIpc) is 2.65. The van der Waals surface area contributed by atoms with Gasteiger partial charge in [-0.1, -0.05) is 0 Å². The maximum Gasteiger partial charge on any atom is 0.0586 e. The van der Waals surface area contributed by atoms with Gasteiger partial charge >= 0.3 is 0 Å². The number of hydrogen-bond donors (Lipinski definition) is 3. The van der Waals surface area contributed by atoms with E-state index >= 15 is 0 Å². The number of allylic oxidation sites excluding steroid dienone is 2. The Hall–Kier alpha value is -1.25. The molecule has 0 aromatic heterocycles. The molecule has 72 valence electrons. The minimum Gasteiger partial charge on any atom is -0.397 e. The SMILES string of the molecule is CN/C(=C\C=N)C(N)=C1CCCC1. The van der Waals surface area contributed by atoms with Gasteiger partial charge in [-0.15, -0.1) is 0 Å². The fourth-order valence-corrected chi connectivity index (χ4v) is 1.65. The molecule has 0 radical (unpaired) electrons. The average molecular weight is 179 g/mol. The molecule has 3 nitrogen and oxygen atoms in total. The van der Waals surface area contributed by atoms with E-state index in [9.17, 15) is 0 Å². The van der Waals surface area contributed by atoms with Gasteiger partial charge in [0.2, 0.25) is 0 Å². The maximum absolute atomic E-state index is 6.98. The Morgan fingerprint density at radius 2 is 2.08 bits per heavy atom. The van der Waals surface area contributed by atoms with Crippen LogP contribution >= 0.6 is 0 Å². The zero-order valence-electron chi connectivity index (χ0n) is 8.06. The lowest BCUT2D eigenvalue weighted by molar-refractivity contribution is 0.886. The molecule has 0 bridgehead atoms. The summed E-state index contributed by atoms with van der Waals surface area (Å²) in [6.07, 6.45) is 7.68. The van der Waals surface area contributed by atoms with Gasteiger partial charge < -0.3 is 16.5 Å². The molecule has 0 unspecified atom stereocenters. The number of nitrogens with one attached hydrogen (secondary N) is 2. The fraction of sp³-hybridized carbons (Fsp3) is 0.500. The van der Waals surface area contributed by atoms with Crippen LogP contribution in [0, 0.1) is 5.41 Å². The summed E-state index contributed by atoms with van der Waals surface area (Å²) in [7, 11) is 1.83.